The fraction of sp³-hybridized carbons (Fsp3) is 0.273. The number of fused-ring (bicyclic) bond motifs is 1. The number of hydrogen-bond acceptors (Lipinski definition) is 6. The first-order chi connectivity index (χ1) is 16.4. The van der Waals surface area contributed by atoms with E-state index in [4.69, 9.17) is 0 Å². The van der Waals surface area contributed by atoms with E-state index in [-0.39, 0.29) is 11.4 Å². The Labute approximate surface area is 198 Å². The summed E-state index contributed by atoms with van der Waals surface area (Å²) in [6, 6.07) is 9.18. The standard InChI is InChI=1S/C22H15F6N5OS/c1-2-20(34,22(26,27)28)18-11-33(32-31-18)10-12-3-5-14-15(7-12)35-16(8-29)19(14)13-4-6-17(30-9-13)21(23,24)25/h3-7,9,11,34H,2,10H2,1H3. The van der Waals surface area contributed by atoms with Crippen molar-refractivity contribution in [1.29, 1.82) is 5.26 Å². The number of benzene rings is 1. The maximum atomic E-state index is 13.3. The summed E-state index contributed by atoms with van der Waals surface area (Å²) in [6.07, 6.45) is -8.05. The minimum absolute atomic E-state index is 0.0392. The zero-order valence-corrected chi connectivity index (χ0v) is 18.6. The van der Waals surface area contributed by atoms with Crippen LogP contribution in [-0.4, -0.2) is 31.3 Å². The summed E-state index contributed by atoms with van der Waals surface area (Å²) in [6.45, 7) is 1.23. The van der Waals surface area contributed by atoms with Crippen LogP contribution in [0, 0.1) is 11.3 Å². The minimum atomic E-state index is -4.92. The molecule has 0 bridgehead atoms. The molecule has 6 nitrogen and oxygen atoms in total. The molecule has 1 aromatic carbocycles. The molecule has 0 spiro atoms. The second-order valence-electron chi connectivity index (χ2n) is 7.69. The Hall–Kier alpha value is -3.50. The summed E-state index contributed by atoms with van der Waals surface area (Å²) in [5.74, 6) is 0. The van der Waals surface area contributed by atoms with Crippen LogP contribution in [0.4, 0.5) is 26.3 Å². The van der Waals surface area contributed by atoms with Gasteiger partial charge in [-0.3, -0.25) is 4.98 Å². The number of pyridine rings is 1. The average Bonchev–Trinajstić information content (AvgIpc) is 3.41. The highest BCUT2D eigenvalue weighted by atomic mass is 32.1. The number of rotatable bonds is 5. The summed E-state index contributed by atoms with van der Waals surface area (Å²) < 4.78 is 80.2. The molecule has 1 N–H and O–H groups in total. The van der Waals surface area contributed by atoms with Crippen LogP contribution in [0.15, 0.2) is 42.7 Å². The van der Waals surface area contributed by atoms with E-state index in [0.717, 1.165) is 34.5 Å². The van der Waals surface area contributed by atoms with Crippen LogP contribution in [0.3, 0.4) is 0 Å². The van der Waals surface area contributed by atoms with Crippen LogP contribution in [0.5, 0.6) is 0 Å². The van der Waals surface area contributed by atoms with E-state index >= 15 is 0 Å². The molecule has 0 saturated carbocycles. The van der Waals surface area contributed by atoms with Gasteiger partial charge in [-0.15, -0.1) is 16.4 Å². The fourth-order valence-corrected chi connectivity index (χ4v) is 4.68. The second-order valence-corrected chi connectivity index (χ2v) is 8.74. The van der Waals surface area contributed by atoms with Gasteiger partial charge in [0.15, 0.2) is 0 Å². The van der Waals surface area contributed by atoms with E-state index in [1.807, 2.05) is 6.07 Å². The van der Waals surface area contributed by atoms with Crippen molar-refractivity contribution in [2.24, 2.45) is 0 Å². The molecule has 0 saturated heterocycles. The largest absolute Gasteiger partial charge is 0.433 e. The Morgan fingerprint density at radius 2 is 1.83 bits per heavy atom. The van der Waals surface area contributed by atoms with Crippen molar-refractivity contribution in [3.05, 3.63) is 64.6 Å². The number of halogens is 6. The third-order valence-electron chi connectivity index (χ3n) is 5.49. The molecule has 1 unspecified atom stereocenters. The molecule has 0 aliphatic carbocycles. The minimum Gasteiger partial charge on any atom is -0.375 e. The Morgan fingerprint density at radius 3 is 2.40 bits per heavy atom. The molecule has 0 radical (unpaired) electrons. The quantitative estimate of drug-likeness (QED) is 0.350. The van der Waals surface area contributed by atoms with E-state index in [1.54, 1.807) is 18.2 Å². The van der Waals surface area contributed by atoms with E-state index in [9.17, 15) is 36.7 Å². The van der Waals surface area contributed by atoms with Gasteiger partial charge in [-0.05, 0) is 24.1 Å². The highest BCUT2D eigenvalue weighted by Gasteiger charge is 2.55. The van der Waals surface area contributed by atoms with E-state index in [2.05, 4.69) is 15.3 Å². The first-order valence-electron chi connectivity index (χ1n) is 10.1. The number of hydrogen-bond donors (Lipinski definition) is 1. The molecule has 0 aliphatic rings. The first-order valence-corrected chi connectivity index (χ1v) is 10.9. The van der Waals surface area contributed by atoms with Crippen LogP contribution >= 0.6 is 11.3 Å². The zero-order chi connectivity index (χ0) is 25.6. The Morgan fingerprint density at radius 1 is 1.09 bits per heavy atom. The normalized spacial score (nSPS) is 14.1. The smallest absolute Gasteiger partial charge is 0.375 e. The molecule has 4 aromatic rings. The molecular weight excluding hydrogens is 496 g/mol. The molecule has 35 heavy (non-hydrogen) atoms. The Kier molecular flexibility index (Phi) is 6.06. The van der Waals surface area contributed by atoms with Gasteiger partial charge in [0.25, 0.3) is 0 Å². The molecule has 0 amide bonds. The predicted octanol–water partition coefficient (Wildman–Crippen LogP) is 5.65. The van der Waals surface area contributed by atoms with Crippen LogP contribution in [0.1, 0.15) is 35.2 Å². The van der Waals surface area contributed by atoms with Gasteiger partial charge in [-0.1, -0.05) is 30.3 Å². The lowest BCUT2D eigenvalue weighted by molar-refractivity contribution is -0.269. The van der Waals surface area contributed by atoms with Crippen LogP contribution < -0.4 is 0 Å². The van der Waals surface area contributed by atoms with Crippen LogP contribution in [0.2, 0.25) is 0 Å². The molecule has 0 aliphatic heterocycles. The number of thiophene rings is 1. The number of nitrogens with zero attached hydrogens (tertiary/aromatic N) is 5. The monoisotopic (exact) mass is 511 g/mol. The van der Waals surface area contributed by atoms with E-state index in [0.29, 0.717) is 26.8 Å². The molecule has 3 aromatic heterocycles. The fourth-order valence-electron chi connectivity index (χ4n) is 3.59. The summed E-state index contributed by atoms with van der Waals surface area (Å²) >= 11 is 1.12. The van der Waals surface area contributed by atoms with Crippen LogP contribution in [0.25, 0.3) is 21.2 Å². The van der Waals surface area contributed by atoms with Crippen molar-refractivity contribution in [2.45, 2.75) is 37.8 Å². The van der Waals surface area contributed by atoms with Gasteiger partial charge in [0.05, 0.1) is 12.7 Å². The maximum Gasteiger partial charge on any atom is 0.433 e. The van der Waals surface area contributed by atoms with Gasteiger partial charge >= 0.3 is 12.4 Å². The highest BCUT2D eigenvalue weighted by Crippen LogP contribution is 2.41. The maximum absolute atomic E-state index is 13.3. The summed E-state index contributed by atoms with van der Waals surface area (Å²) in [5, 5.41) is 27.4. The lowest BCUT2D eigenvalue weighted by Gasteiger charge is -2.26. The van der Waals surface area contributed by atoms with E-state index < -0.39 is 35.8 Å². The van der Waals surface area contributed by atoms with Crippen molar-refractivity contribution >= 4 is 21.4 Å². The summed E-state index contributed by atoms with van der Waals surface area (Å²) in [5.41, 5.74) is -3.36. The van der Waals surface area contributed by atoms with Crippen LogP contribution in [-0.2, 0) is 18.3 Å². The molecule has 4 rings (SSSR count). The molecule has 1 atom stereocenters. The van der Waals surface area contributed by atoms with Crippen molar-refractivity contribution in [3.8, 4) is 17.2 Å². The number of alkyl halides is 6. The molecule has 182 valence electrons. The molecule has 13 heteroatoms. The molecule has 3 heterocycles. The van der Waals surface area contributed by atoms with Gasteiger partial charge in [0.2, 0.25) is 5.60 Å². The highest BCUT2D eigenvalue weighted by molar-refractivity contribution is 7.20. The lowest BCUT2D eigenvalue weighted by Crippen LogP contribution is -2.42. The zero-order valence-electron chi connectivity index (χ0n) is 17.8. The third-order valence-corrected chi connectivity index (χ3v) is 6.54. The molecule has 0 fully saturated rings. The summed E-state index contributed by atoms with van der Waals surface area (Å²) in [4.78, 5) is 3.74. The number of nitriles is 1. The number of aromatic nitrogens is 4. The molecular formula is C22H15F6N5OS. The number of aliphatic hydroxyl groups is 1. The van der Waals surface area contributed by atoms with Gasteiger partial charge in [0.1, 0.15) is 22.3 Å². The van der Waals surface area contributed by atoms with Crippen molar-refractivity contribution in [1.82, 2.24) is 20.0 Å². The third kappa shape index (κ3) is 4.46. The predicted molar refractivity (Wildman–Crippen MR) is 114 cm³/mol. The van der Waals surface area contributed by atoms with Crippen molar-refractivity contribution < 1.29 is 31.4 Å². The van der Waals surface area contributed by atoms with E-state index in [1.165, 1.54) is 13.0 Å². The van der Waals surface area contributed by atoms with Crippen molar-refractivity contribution in [2.75, 3.05) is 0 Å². The van der Waals surface area contributed by atoms with Gasteiger partial charge < -0.3 is 5.11 Å². The first kappa shape index (κ1) is 24.6. The average molecular weight is 511 g/mol. The lowest BCUT2D eigenvalue weighted by atomic mass is 9.96. The Bertz CT molecular complexity index is 1420. The summed E-state index contributed by atoms with van der Waals surface area (Å²) in [7, 11) is 0. The van der Waals surface area contributed by atoms with Gasteiger partial charge in [0, 0.05) is 27.4 Å². The topological polar surface area (TPSA) is 87.6 Å². The SMILES string of the molecule is CCC(O)(c1cn(Cc2ccc3c(-c4ccc(C(F)(F)F)nc4)c(C#N)sc3c2)nn1)C(F)(F)F. The van der Waals surface area contributed by atoms with Gasteiger partial charge in [-0.2, -0.15) is 31.6 Å². The Balaban J connectivity index is 1.66. The van der Waals surface area contributed by atoms with Gasteiger partial charge in [-0.25, -0.2) is 4.68 Å². The second kappa shape index (κ2) is 8.62. The van der Waals surface area contributed by atoms with Crippen molar-refractivity contribution in [3.63, 3.8) is 0 Å².